The summed E-state index contributed by atoms with van der Waals surface area (Å²) < 4.78 is 0.886. The summed E-state index contributed by atoms with van der Waals surface area (Å²) in [5.41, 5.74) is 0. The second kappa shape index (κ2) is 5.42. The van der Waals surface area contributed by atoms with Crippen LogP contribution in [0.3, 0.4) is 0 Å². The van der Waals surface area contributed by atoms with Crippen LogP contribution in [-0.4, -0.2) is 25.1 Å². The molecule has 3 nitrogen and oxygen atoms in total. The van der Waals surface area contributed by atoms with Crippen LogP contribution in [0.15, 0.2) is 16.7 Å². The number of anilines is 1. The van der Waals surface area contributed by atoms with Gasteiger partial charge < -0.3 is 10.6 Å². The van der Waals surface area contributed by atoms with Gasteiger partial charge >= 0.3 is 0 Å². The topological polar surface area (TPSA) is 37.0 Å². The number of hydrogen-bond acceptors (Lipinski definition) is 3. The van der Waals surface area contributed by atoms with Gasteiger partial charge in [0, 0.05) is 23.8 Å². The summed E-state index contributed by atoms with van der Waals surface area (Å²) in [5, 5.41) is 6.77. The molecule has 0 saturated heterocycles. The van der Waals surface area contributed by atoms with Crippen LogP contribution in [0.4, 0.5) is 5.82 Å². The minimum atomic E-state index is 0.630. The molecule has 0 aliphatic carbocycles. The molecular weight excluding hydrogens is 253 g/mol. The van der Waals surface area contributed by atoms with Crippen LogP contribution in [0.2, 0.25) is 5.02 Å². The highest BCUT2D eigenvalue weighted by Gasteiger charge is 2.00. The lowest BCUT2D eigenvalue weighted by Gasteiger charge is -2.06. The molecule has 1 aromatic heterocycles. The van der Waals surface area contributed by atoms with Crippen molar-refractivity contribution in [1.29, 1.82) is 0 Å². The first-order valence-corrected chi connectivity index (χ1v) is 5.10. The molecule has 1 aromatic rings. The van der Waals surface area contributed by atoms with E-state index in [-0.39, 0.29) is 0 Å². The average Bonchev–Trinajstić information content (AvgIpc) is 2.09. The maximum Gasteiger partial charge on any atom is 0.144 e. The molecule has 1 heterocycles. The summed E-state index contributed by atoms with van der Waals surface area (Å²) >= 11 is 9.22. The Bertz CT molecular complexity index is 280. The van der Waals surface area contributed by atoms with E-state index in [1.54, 1.807) is 6.20 Å². The molecular formula is C8H11BrClN3. The monoisotopic (exact) mass is 263 g/mol. The summed E-state index contributed by atoms with van der Waals surface area (Å²) in [4.78, 5) is 4.13. The Morgan fingerprint density at radius 1 is 1.54 bits per heavy atom. The van der Waals surface area contributed by atoms with E-state index in [2.05, 4.69) is 31.5 Å². The maximum absolute atomic E-state index is 5.93. The molecule has 13 heavy (non-hydrogen) atoms. The molecule has 0 spiro atoms. The second-order valence-corrected chi connectivity index (χ2v) is 3.84. The average molecular weight is 265 g/mol. The molecule has 0 amide bonds. The number of hydrogen-bond donors (Lipinski definition) is 2. The van der Waals surface area contributed by atoms with Gasteiger partial charge in [-0.3, -0.25) is 0 Å². The van der Waals surface area contributed by atoms with E-state index in [0.29, 0.717) is 5.02 Å². The predicted octanol–water partition coefficient (Wildman–Crippen LogP) is 2.13. The van der Waals surface area contributed by atoms with Crippen LogP contribution in [0.5, 0.6) is 0 Å². The molecule has 0 radical (unpaired) electrons. The molecule has 0 bridgehead atoms. The van der Waals surface area contributed by atoms with Gasteiger partial charge in [0.1, 0.15) is 5.82 Å². The standard InChI is InChI=1S/C8H11BrClN3/c1-11-2-3-12-8-7(10)4-6(9)5-13-8/h4-5,11H,2-3H2,1H3,(H,12,13). The number of aromatic nitrogens is 1. The molecule has 1 rings (SSSR count). The Hall–Kier alpha value is -0.320. The molecule has 0 aliphatic heterocycles. The summed E-state index contributed by atoms with van der Waals surface area (Å²) in [6, 6.07) is 1.82. The Balaban J connectivity index is 2.56. The number of pyridine rings is 1. The van der Waals surface area contributed by atoms with Crippen molar-refractivity contribution in [1.82, 2.24) is 10.3 Å². The van der Waals surface area contributed by atoms with E-state index < -0.39 is 0 Å². The van der Waals surface area contributed by atoms with Gasteiger partial charge in [0.15, 0.2) is 0 Å². The zero-order valence-corrected chi connectivity index (χ0v) is 9.61. The predicted molar refractivity (Wildman–Crippen MR) is 59.4 cm³/mol. The third kappa shape index (κ3) is 3.50. The Morgan fingerprint density at radius 2 is 2.31 bits per heavy atom. The molecule has 0 fully saturated rings. The van der Waals surface area contributed by atoms with E-state index in [1.165, 1.54) is 0 Å². The number of nitrogens with one attached hydrogen (secondary N) is 2. The Morgan fingerprint density at radius 3 is 2.92 bits per heavy atom. The first kappa shape index (κ1) is 10.8. The Kier molecular flexibility index (Phi) is 4.48. The lowest BCUT2D eigenvalue weighted by atomic mass is 10.4. The number of likely N-dealkylation sites (N-methyl/N-ethyl adjacent to an activating group) is 1. The van der Waals surface area contributed by atoms with E-state index in [0.717, 1.165) is 23.4 Å². The quantitative estimate of drug-likeness (QED) is 0.818. The Labute approximate surface area is 91.0 Å². The minimum Gasteiger partial charge on any atom is -0.368 e. The number of halogens is 2. The molecule has 5 heteroatoms. The van der Waals surface area contributed by atoms with Crippen LogP contribution >= 0.6 is 27.5 Å². The molecule has 0 saturated carbocycles. The van der Waals surface area contributed by atoms with Crippen LogP contribution in [0, 0.1) is 0 Å². The van der Waals surface area contributed by atoms with Crippen LogP contribution < -0.4 is 10.6 Å². The van der Waals surface area contributed by atoms with Gasteiger partial charge in [0.25, 0.3) is 0 Å². The fourth-order valence-electron chi connectivity index (χ4n) is 0.851. The largest absolute Gasteiger partial charge is 0.368 e. The van der Waals surface area contributed by atoms with Crippen LogP contribution in [0.25, 0.3) is 0 Å². The lowest BCUT2D eigenvalue weighted by molar-refractivity contribution is 0.821. The normalized spacial score (nSPS) is 10.1. The van der Waals surface area contributed by atoms with Gasteiger partial charge in [0.05, 0.1) is 5.02 Å². The third-order valence-corrected chi connectivity index (χ3v) is 2.20. The third-order valence-electron chi connectivity index (χ3n) is 1.48. The lowest BCUT2D eigenvalue weighted by Crippen LogP contribution is -2.18. The van der Waals surface area contributed by atoms with Gasteiger partial charge in [-0.15, -0.1) is 0 Å². The second-order valence-electron chi connectivity index (χ2n) is 2.51. The van der Waals surface area contributed by atoms with Crippen LogP contribution in [0.1, 0.15) is 0 Å². The van der Waals surface area contributed by atoms with E-state index in [4.69, 9.17) is 11.6 Å². The smallest absolute Gasteiger partial charge is 0.144 e. The zero-order valence-electron chi connectivity index (χ0n) is 7.27. The number of rotatable bonds is 4. The van der Waals surface area contributed by atoms with Gasteiger partial charge in [-0.25, -0.2) is 4.98 Å². The highest BCUT2D eigenvalue weighted by Crippen LogP contribution is 2.22. The van der Waals surface area contributed by atoms with Crippen LogP contribution in [-0.2, 0) is 0 Å². The summed E-state index contributed by atoms with van der Waals surface area (Å²) in [7, 11) is 1.90. The SMILES string of the molecule is CNCCNc1ncc(Br)cc1Cl. The highest BCUT2D eigenvalue weighted by atomic mass is 79.9. The molecule has 2 N–H and O–H groups in total. The van der Waals surface area contributed by atoms with E-state index in [1.807, 2.05) is 13.1 Å². The molecule has 0 atom stereocenters. The van der Waals surface area contributed by atoms with Crippen molar-refractivity contribution in [3.63, 3.8) is 0 Å². The zero-order chi connectivity index (χ0) is 9.68. The molecule has 0 aliphatic rings. The number of nitrogens with zero attached hydrogens (tertiary/aromatic N) is 1. The summed E-state index contributed by atoms with van der Waals surface area (Å²) in [6.45, 7) is 1.69. The van der Waals surface area contributed by atoms with Crippen molar-refractivity contribution in [2.45, 2.75) is 0 Å². The highest BCUT2D eigenvalue weighted by molar-refractivity contribution is 9.10. The van der Waals surface area contributed by atoms with Gasteiger partial charge in [-0.1, -0.05) is 11.6 Å². The molecule has 72 valence electrons. The van der Waals surface area contributed by atoms with Crippen molar-refractivity contribution < 1.29 is 0 Å². The maximum atomic E-state index is 5.93. The first-order chi connectivity index (χ1) is 6.24. The summed E-state index contributed by atoms with van der Waals surface area (Å²) in [6.07, 6.45) is 1.72. The van der Waals surface area contributed by atoms with Crippen molar-refractivity contribution in [2.24, 2.45) is 0 Å². The fraction of sp³-hybridized carbons (Fsp3) is 0.375. The van der Waals surface area contributed by atoms with Gasteiger partial charge in [-0.05, 0) is 29.0 Å². The first-order valence-electron chi connectivity index (χ1n) is 3.93. The van der Waals surface area contributed by atoms with Crippen molar-refractivity contribution in [2.75, 3.05) is 25.5 Å². The molecule has 0 aromatic carbocycles. The van der Waals surface area contributed by atoms with Crippen molar-refractivity contribution in [3.8, 4) is 0 Å². The van der Waals surface area contributed by atoms with E-state index in [9.17, 15) is 0 Å². The summed E-state index contributed by atoms with van der Waals surface area (Å²) in [5.74, 6) is 0.722. The minimum absolute atomic E-state index is 0.630. The van der Waals surface area contributed by atoms with Gasteiger partial charge in [-0.2, -0.15) is 0 Å². The van der Waals surface area contributed by atoms with Gasteiger partial charge in [0.2, 0.25) is 0 Å². The van der Waals surface area contributed by atoms with E-state index >= 15 is 0 Å². The van der Waals surface area contributed by atoms with Crippen molar-refractivity contribution >= 4 is 33.3 Å². The fourth-order valence-corrected chi connectivity index (χ4v) is 1.55. The molecule has 0 unspecified atom stereocenters. The van der Waals surface area contributed by atoms with Crippen molar-refractivity contribution in [3.05, 3.63) is 21.8 Å².